The first kappa shape index (κ1) is 29.5. The third-order valence-corrected chi connectivity index (χ3v) is 9.45. The average molecular weight is 664 g/mol. The topological polar surface area (TPSA) is 73.8 Å². The van der Waals surface area contributed by atoms with E-state index >= 15 is 0 Å². The normalized spacial score (nSPS) is 11.2. The Morgan fingerprint density at radius 2 is 0.740 bits per heavy atom. The van der Waals surface area contributed by atoms with Crippen molar-refractivity contribution < 1.29 is 0 Å². The summed E-state index contributed by atoms with van der Waals surface area (Å²) in [5.74, 6) is 0. The maximum atomic E-state index is 4.86. The highest BCUT2D eigenvalue weighted by molar-refractivity contribution is 7.00. The van der Waals surface area contributed by atoms with E-state index in [9.17, 15) is 0 Å². The predicted octanol–water partition coefficient (Wildman–Crippen LogP) is 11.2. The van der Waals surface area contributed by atoms with Gasteiger partial charge in [0, 0.05) is 57.0 Å². The lowest BCUT2D eigenvalue weighted by molar-refractivity contribution is 0.960. The van der Waals surface area contributed by atoms with Crippen LogP contribution in [0.5, 0.6) is 0 Å². The molecule has 50 heavy (non-hydrogen) atoms. The van der Waals surface area contributed by atoms with Crippen LogP contribution in [0.1, 0.15) is 0 Å². The second-order valence-corrected chi connectivity index (χ2v) is 12.4. The number of fused-ring (bicyclic) bond motifs is 2. The molecule has 0 saturated heterocycles. The van der Waals surface area contributed by atoms with Gasteiger partial charge in [-0.15, -0.1) is 10.2 Å². The van der Waals surface area contributed by atoms with E-state index in [-0.39, 0.29) is 0 Å². The number of hydrogen-bond acceptors (Lipinski definition) is 7. The smallest absolute Gasteiger partial charge is 0.126 e. The number of benzene rings is 7. The SMILES string of the molecule is c1ccc(N(c2ccccc2)c2ccc(-c3c4nnnc4c(-c4ccc(N(c5ccccc5)c5ccccc5)cc4)c4[nH]snc34)cc2)cc1. The van der Waals surface area contributed by atoms with Crippen LogP contribution < -0.4 is 9.80 Å². The Hall–Kier alpha value is -6.64. The van der Waals surface area contributed by atoms with Crippen molar-refractivity contribution in [2.45, 2.75) is 0 Å². The van der Waals surface area contributed by atoms with Gasteiger partial charge in [-0.1, -0.05) is 97.1 Å². The number of anilines is 6. The number of H-pyrrole nitrogens is 1. The minimum absolute atomic E-state index is 0.724. The molecule has 238 valence electrons. The lowest BCUT2D eigenvalue weighted by atomic mass is 9.95. The number of para-hydroxylation sites is 4. The molecule has 2 heterocycles. The van der Waals surface area contributed by atoms with Crippen molar-refractivity contribution in [1.82, 2.24) is 24.2 Å². The second-order valence-electron chi connectivity index (χ2n) is 11.9. The molecule has 0 spiro atoms. The number of nitrogens with one attached hydrogen (secondary N) is 1. The van der Waals surface area contributed by atoms with Gasteiger partial charge in [0.05, 0.1) is 5.52 Å². The van der Waals surface area contributed by atoms with Gasteiger partial charge in [-0.25, -0.2) is 0 Å². The van der Waals surface area contributed by atoms with Gasteiger partial charge in [0.25, 0.3) is 0 Å². The summed E-state index contributed by atoms with van der Waals surface area (Å²) in [6, 6.07) is 58.7. The summed E-state index contributed by atoms with van der Waals surface area (Å²) in [5.41, 5.74) is 13.5. The molecule has 9 aromatic rings. The van der Waals surface area contributed by atoms with Crippen LogP contribution in [-0.2, 0) is 0 Å². The molecule has 2 aromatic heterocycles. The van der Waals surface area contributed by atoms with Crippen LogP contribution in [0.4, 0.5) is 34.1 Å². The van der Waals surface area contributed by atoms with Crippen molar-refractivity contribution in [2.24, 2.45) is 0 Å². The highest BCUT2D eigenvalue weighted by atomic mass is 32.1. The van der Waals surface area contributed by atoms with E-state index in [2.05, 4.69) is 175 Å². The summed E-state index contributed by atoms with van der Waals surface area (Å²) in [5, 5.41) is 13.3. The van der Waals surface area contributed by atoms with E-state index in [1.165, 1.54) is 11.7 Å². The Morgan fingerprint density at radius 1 is 0.380 bits per heavy atom. The minimum atomic E-state index is 0.724. The molecule has 7 aromatic carbocycles. The Kier molecular flexibility index (Phi) is 7.53. The summed E-state index contributed by atoms with van der Waals surface area (Å²) < 4.78 is 8.32. The fraction of sp³-hybridized carbons (Fsp3) is 0. The van der Waals surface area contributed by atoms with Gasteiger partial charge in [-0.3, -0.25) is 4.37 Å². The summed E-state index contributed by atoms with van der Waals surface area (Å²) in [7, 11) is 0. The molecule has 0 aliphatic carbocycles. The Morgan fingerprint density at radius 3 is 1.16 bits per heavy atom. The summed E-state index contributed by atoms with van der Waals surface area (Å²) in [6.07, 6.45) is 0. The zero-order chi connectivity index (χ0) is 33.3. The summed E-state index contributed by atoms with van der Waals surface area (Å²) in [4.78, 5) is 4.50. The number of nitrogens with zero attached hydrogens (tertiary/aromatic N) is 6. The highest BCUT2D eigenvalue weighted by Crippen LogP contribution is 2.43. The fourth-order valence-electron chi connectivity index (χ4n) is 6.63. The second kappa shape index (κ2) is 12.8. The minimum Gasteiger partial charge on any atom is -0.311 e. The van der Waals surface area contributed by atoms with Crippen molar-refractivity contribution in [1.29, 1.82) is 0 Å². The number of hydrogen-bond donors (Lipinski definition) is 1. The van der Waals surface area contributed by atoms with Crippen LogP contribution in [-0.4, -0.2) is 24.2 Å². The number of rotatable bonds is 8. The van der Waals surface area contributed by atoms with Crippen LogP contribution in [0.15, 0.2) is 170 Å². The Labute approximate surface area is 293 Å². The molecule has 0 bridgehead atoms. The summed E-state index contributed by atoms with van der Waals surface area (Å²) in [6.45, 7) is 0. The van der Waals surface area contributed by atoms with Crippen molar-refractivity contribution in [3.05, 3.63) is 170 Å². The maximum Gasteiger partial charge on any atom is 0.126 e. The van der Waals surface area contributed by atoms with Crippen molar-refractivity contribution in [3.8, 4) is 22.3 Å². The van der Waals surface area contributed by atoms with E-state index in [0.29, 0.717) is 0 Å². The zero-order valence-corrected chi connectivity index (χ0v) is 27.6. The molecule has 0 atom stereocenters. The van der Waals surface area contributed by atoms with E-state index in [0.717, 1.165) is 78.4 Å². The summed E-state index contributed by atoms with van der Waals surface area (Å²) >= 11 is 1.32. The van der Waals surface area contributed by atoms with Crippen molar-refractivity contribution in [2.75, 3.05) is 9.80 Å². The molecule has 0 aliphatic heterocycles. The molecule has 7 nitrogen and oxygen atoms in total. The fourth-order valence-corrected chi connectivity index (χ4v) is 7.24. The highest BCUT2D eigenvalue weighted by Gasteiger charge is 2.23. The van der Waals surface area contributed by atoms with Crippen molar-refractivity contribution in [3.63, 3.8) is 0 Å². The molecule has 0 unspecified atom stereocenters. The van der Waals surface area contributed by atoms with Gasteiger partial charge >= 0.3 is 0 Å². The van der Waals surface area contributed by atoms with Crippen LogP contribution in [0.25, 0.3) is 44.3 Å². The van der Waals surface area contributed by atoms with Crippen LogP contribution in [0.3, 0.4) is 0 Å². The Balaban J connectivity index is 1.12. The first-order valence-electron chi connectivity index (χ1n) is 16.3. The van der Waals surface area contributed by atoms with Gasteiger partial charge in [0.15, 0.2) is 0 Å². The van der Waals surface area contributed by atoms with Crippen molar-refractivity contribution >= 4 is 67.9 Å². The largest absolute Gasteiger partial charge is 0.311 e. The number of aromatic nitrogens is 5. The molecule has 1 N–H and O–H groups in total. The molecule has 0 amide bonds. The van der Waals surface area contributed by atoms with Gasteiger partial charge in [0.2, 0.25) is 0 Å². The van der Waals surface area contributed by atoms with Crippen LogP contribution in [0.2, 0.25) is 0 Å². The van der Waals surface area contributed by atoms with E-state index in [1.54, 1.807) is 0 Å². The first-order chi connectivity index (χ1) is 24.8. The van der Waals surface area contributed by atoms with Gasteiger partial charge in [-0.05, 0) is 89.1 Å². The average Bonchev–Trinajstić information content (AvgIpc) is 3.87. The van der Waals surface area contributed by atoms with Gasteiger partial charge < -0.3 is 9.80 Å². The maximum absolute atomic E-state index is 4.86. The predicted molar refractivity (Wildman–Crippen MR) is 205 cm³/mol. The van der Waals surface area contributed by atoms with E-state index < -0.39 is 0 Å². The molecular formula is C42H29N7S. The Bertz CT molecular complexity index is 2210. The molecule has 0 saturated carbocycles. The standard InChI is InChI=1S/C42H29N7S/c1-5-13-31(14-6-1)48(32-15-7-2-8-16-32)35-25-21-29(22-26-35)37-39-40(44-47-43-39)38(42-41(37)45-50-46-42)30-23-27-36(28-24-30)49(33-17-9-3-10-18-33)34-19-11-4-12-20-34/h1-28,45H. The zero-order valence-electron chi connectivity index (χ0n) is 26.8. The van der Waals surface area contributed by atoms with Gasteiger partial charge in [0.1, 0.15) is 16.6 Å². The van der Waals surface area contributed by atoms with Crippen LogP contribution in [0, 0.1) is 0 Å². The third-order valence-electron chi connectivity index (χ3n) is 8.88. The molecular weight excluding hydrogens is 635 g/mol. The third kappa shape index (κ3) is 5.24. The van der Waals surface area contributed by atoms with E-state index in [1.807, 2.05) is 24.3 Å². The molecule has 0 fully saturated rings. The monoisotopic (exact) mass is 663 g/mol. The lowest BCUT2D eigenvalue weighted by Gasteiger charge is -2.25. The lowest BCUT2D eigenvalue weighted by Crippen LogP contribution is -2.09. The quantitative estimate of drug-likeness (QED) is 0.174. The molecule has 0 radical (unpaired) electrons. The van der Waals surface area contributed by atoms with Gasteiger partial charge in [-0.2, -0.15) is 4.37 Å². The number of aromatic amines is 1. The first-order valence-corrected chi connectivity index (χ1v) is 17.1. The van der Waals surface area contributed by atoms with Crippen LogP contribution >= 0.6 is 11.7 Å². The molecule has 8 heteroatoms. The molecule has 9 rings (SSSR count). The van der Waals surface area contributed by atoms with E-state index in [4.69, 9.17) is 4.37 Å². The molecule has 0 aliphatic rings.